The number of hydrogen-bond acceptors (Lipinski definition) is 5. The number of fused-ring (bicyclic) bond motifs is 1. The van der Waals surface area contributed by atoms with Crippen molar-refractivity contribution in [1.29, 1.82) is 0 Å². The number of imide groups is 1. The van der Waals surface area contributed by atoms with Gasteiger partial charge in [0.15, 0.2) is 0 Å². The molecule has 172 valence electrons. The normalized spacial score (nSPS) is 15.6. The number of carbonyl (C=O) groups is 2. The predicted octanol–water partition coefficient (Wildman–Crippen LogP) is 4.44. The maximum atomic E-state index is 13.8. The van der Waals surface area contributed by atoms with Gasteiger partial charge in [0, 0.05) is 13.1 Å². The molecule has 0 fully saturated rings. The molecule has 0 N–H and O–H groups in total. The van der Waals surface area contributed by atoms with Crippen LogP contribution in [0.3, 0.4) is 0 Å². The van der Waals surface area contributed by atoms with Crippen LogP contribution in [-0.2, 0) is 22.6 Å². The summed E-state index contributed by atoms with van der Waals surface area (Å²) in [5, 5.41) is 0. The van der Waals surface area contributed by atoms with Crippen LogP contribution in [0, 0.1) is 0 Å². The van der Waals surface area contributed by atoms with Gasteiger partial charge in [-0.25, -0.2) is 4.90 Å². The minimum Gasteiger partial charge on any atom is -0.497 e. The molecule has 0 aliphatic carbocycles. The third-order valence-corrected chi connectivity index (χ3v) is 6.29. The first-order valence-corrected chi connectivity index (χ1v) is 11.4. The first kappa shape index (κ1) is 21.8. The van der Waals surface area contributed by atoms with E-state index >= 15 is 0 Å². The summed E-state index contributed by atoms with van der Waals surface area (Å²) in [6.07, 6.45) is 0.820. The van der Waals surface area contributed by atoms with Crippen LogP contribution in [0.2, 0.25) is 0 Å². The number of nitrogens with zero attached hydrogens (tertiary/aromatic N) is 2. The summed E-state index contributed by atoms with van der Waals surface area (Å²) in [6.45, 7) is 3.74. The molecule has 6 heteroatoms. The number of methoxy groups -OCH3 is 1. The van der Waals surface area contributed by atoms with Crippen molar-refractivity contribution in [2.45, 2.75) is 19.9 Å². The fraction of sp³-hybridized carbons (Fsp3) is 0.214. The van der Waals surface area contributed by atoms with Crippen LogP contribution in [0.5, 0.6) is 11.5 Å². The molecule has 0 spiro atoms. The highest BCUT2D eigenvalue weighted by Gasteiger charge is 2.43. The SMILES string of the molecule is CCOc1ccc(C2=C(N3CCc4ccccc4C3)C(=O)N(c3ccc(OC)cc3)C2=O)cc1. The molecule has 2 aliphatic heterocycles. The van der Waals surface area contributed by atoms with Crippen molar-refractivity contribution in [3.8, 4) is 11.5 Å². The Bertz CT molecular complexity index is 1260. The zero-order valence-electron chi connectivity index (χ0n) is 19.3. The summed E-state index contributed by atoms with van der Waals surface area (Å²) in [4.78, 5) is 30.8. The fourth-order valence-electron chi connectivity index (χ4n) is 4.61. The topological polar surface area (TPSA) is 59.1 Å². The van der Waals surface area contributed by atoms with Crippen molar-refractivity contribution in [3.63, 3.8) is 0 Å². The van der Waals surface area contributed by atoms with Crippen LogP contribution in [0.15, 0.2) is 78.5 Å². The molecule has 34 heavy (non-hydrogen) atoms. The highest BCUT2D eigenvalue weighted by molar-refractivity contribution is 6.45. The van der Waals surface area contributed by atoms with Gasteiger partial charge in [0.2, 0.25) is 0 Å². The van der Waals surface area contributed by atoms with Gasteiger partial charge in [-0.2, -0.15) is 0 Å². The quantitative estimate of drug-likeness (QED) is 0.516. The Kier molecular flexibility index (Phi) is 5.80. The molecule has 0 unspecified atom stereocenters. The second-order valence-electron chi connectivity index (χ2n) is 8.27. The molecule has 2 heterocycles. The van der Waals surface area contributed by atoms with Crippen molar-refractivity contribution in [2.24, 2.45) is 0 Å². The van der Waals surface area contributed by atoms with Crippen LogP contribution in [0.25, 0.3) is 5.57 Å². The Morgan fingerprint density at radius 1 is 0.824 bits per heavy atom. The number of amides is 2. The molecule has 2 aliphatic rings. The third-order valence-electron chi connectivity index (χ3n) is 6.29. The lowest BCUT2D eigenvalue weighted by molar-refractivity contribution is -0.120. The average molecular weight is 455 g/mol. The average Bonchev–Trinajstić information content (AvgIpc) is 3.14. The summed E-state index contributed by atoms with van der Waals surface area (Å²) in [7, 11) is 1.58. The van der Waals surface area contributed by atoms with Crippen LogP contribution in [0.1, 0.15) is 23.6 Å². The molecule has 0 aromatic heterocycles. The van der Waals surface area contributed by atoms with E-state index in [0.717, 1.165) is 12.2 Å². The minimum absolute atomic E-state index is 0.307. The van der Waals surface area contributed by atoms with Gasteiger partial charge >= 0.3 is 0 Å². The molecular formula is C28H26N2O4. The van der Waals surface area contributed by atoms with Crippen LogP contribution in [0.4, 0.5) is 5.69 Å². The maximum Gasteiger partial charge on any atom is 0.282 e. The lowest BCUT2D eigenvalue weighted by Gasteiger charge is -2.31. The monoisotopic (exact) mass is 454 g/mol. The second kappa shape index (κ2) is 9.06. The smallest absolute Gasteiger partial charge is 0.282 e. The predicted molar refractivity (Wildman–Crippen MR) is 131 cm³/mol. The molecule has 0 radical (unpaired) electrons. The van der Waals surface area contributed by atoms with Gasteiger partial charge in [-0.3, -0.25) is 9.59 Å². The van der Waals surface area contributed by atoms with E-state index in [0.29, 0.717) is 48.0 Å². The molecule has 3 aromatic carbocycles. The van der Waals surface area contributed by atoms with Crippen LogP contribution >= 0.6 is 0 Å². The summed E-state index contributed by atoms with van der Waals surface area (Å²) >= 11 is 0. The standard InChI is InChI=1S/C28H26N2O4/c1-3-34-24-12-8-20(9-13-24)25-26(29-17-16-19-6-4-5-7-21(19)18-29)28(32)30(27(25)31)22-10-14-23(33-2)15-11-22/h4-15H,3,16-18H2,1-2H3. The number of benzene rings is 3. The van der Waals surface area contributed by atoms with Gasteiger partial charge in [-0.15, -0.1) is 0 Å². The highest BCUT2D eigenvalue weighted by atomic mass is 16.5. The Balaban J connectivity index is 1.58. The Morgan fingerprint density at radius 2 is 1.50 bits per heavy atom. The largest absolute Gasteiger partial charge is 0.497 e. The highest BCUT2D eigenvalue weighted by Crippen LogP contribution is 2.37. The number of hydrogen-bond donors (Lipinski definition) is 0. The summed E-state index contributed by atoms with van der Waals surface area (Å²) < 4.78 is 10.8. The van der Waals surface area contributed by atoms with Gasteiger partial charge in [0.1, 0.15) is 17.2 Å². The van der Waals surface area contributed by atoms with E-state index in [-0.39, 0.29) is 11.8 Å². The van der Waals surface area contributed by atoms with E-state index in [1.807, 2.05) is 48.2 Å². The van der Waals surface area contributed by atoms with Crippen molar-refractivity contribution < 1.29 is 19.1 Å². The lowest BCUT2D eigenvalue weighted by Crippen LogP contribution is -2.37. The van der Waals surface area contributed by atoms with E-state index in [1.165, 1.54) is 16.0 Å². The van der Waals surface area contributed by atoms with Crippen LogP contribution in [-0.4, -0.2) is 37.0 Å². The van der Waals surface area contributed by atoms with Gasteiger partial charge in [-0.1, -0.05) is 36.4 Å². The molecule has 0 saturated carbocycles. The first-order valence-electron chi connectivity index (χ1n) is 11.4. The number of rotatable bonds is 6. The molecule has 2 amide bonds. The molecule has 5 rings (SSSR count). The Hall–Kier alpha value is -4.06. The molecule has 6 nitrogen and oxygen atoms in total. The van der Waals surface area contributed by atoms with Crippen molar-refractivity contribution >= 4 is 23.1 Å². The van der Waals surface area contributed by atoms with E-state index in [9.17, 15) is 9.59 Å². The van der Waals surface area contributed by atoms with E-state index in [1.54, 1.807) is 31.4 Å². The molecule has 0 atom stereocenters. The first-order chi connectivity index (χ1) is 16.6. The number of ether oxygens (including phenoxy) is 2. The summed E-state index contributed by atoms with van der Waals surface area (Å²) in [5.74, 6) is 0.756. The molecule has 0 bridgehead atoms. The third kappa shape index (κ3) is 3.81. The maximum absolute atomic E-state index is 13.8. The number of carbonyl (C=O) groups excluding carboxylic acids is 2. The molecule has 0 saturated heterocycles. The van der Waals surface area contributed by atoms with Gasteiger partial charge in [-0.05, 0) is 66.4 Å². The minimum atomic E-state index is -0.326. The van der Waals surface area contributed by atoms with Crippen LogP contribution < -0.4 is 14.4 Å². The van der Waals surface area contributed by atoms with Gasteiger partial charge in [0.05, 0.1) is 25.0 Å². The van der Waals surface area contributed by atoms with Crippen molar-refractivity contribution in [2.75, 3.05) is 25.2 Å². The van der Waals surface area contributed by atoms with Gasteiger partial charge < -0.3 is 14.4 Å². The fourth-order valence-corrected chi connectivity index (χ4v) is 4.61. The Labute approximate surface area is 199 Å². The zero-order valence-corrected chi connectivity index (χ0v) is 19.3. The summed E-state index contributed by atoms with van der Waals surface area (Å²) in [5.41, 5.74) is 4.54. The van der Waals surface area contributed by atoms with E-state index < -0.39 is 0 Å². The molecule has 3 aromatic rings. The lowest BCUT2D eigenvalue weighted by atomic mass is 9.98. The van der Waals surface area contributed by atoms with E-state index in [4.69, 9.17) is 9.47 Å². The summed E-state index contributed by atoms with van der Waals surface area (Å²) in [6, 6.07) is 22.6. The second-order valence-corrected chi connectivity index (χ2v) is 8.27. The molecular weight excluding hydrogens is 428 g/mol. The zero-order chi connectivity index (χ0) is 23.7. The Morgan fingerprint density at radius 3 is 2.18 bits per heavy atom. The number of anilines is 1. The van der Waals surface area contributed by atoms with E-state index in [2.05, 4.69) is 12.1 Å². The van der Waals surface area contributed by atoms with Gasteiger partial charge in [0.25, 0.3) is 11.8 Å². The van der Waals surface area contributed by atoms with Crippen molar-refractivity contribution in [3.05, 3.63) is 95.2 Å². The van der Waals surface area contributed by atoms with Crippen molar-refractivity contribution in [1.82, 2.24) is 4.90 Å².